The quantitative estimate of drug-likeness (QED) is 0.900. The maximum Gasteiger partial charge on any atom is 0.0393 e. The Balaban J connectivity index is 1.88. The van der Waals surface area contributed by atoms with E-state index < -0.39 is 0 Å². The van der Waals surface area contributed by atoms with Gasteiger partial charge in [-0.25, -0.2) is 0 Å². The lowest BCUT2D eigenvalue weighted by molar-refractivity contribution is 0.530. The largest absolute Gasteiger partial charge is 0.374 e. The molecule has 0 saturated carbocycles. The summed E-state index contributed by atoms with van der Waals surface area (Å²) in [7, 11) is 2.20. The predicted octanol–water partition coefficient (Wildman–Crippen LogP) is 2.83. The molecule has 100 valence electrons. The molecule has 1 aliphatic heterocycles. The van der Waals surface area contributed by atoms with Gasteiger partial charge in [-0.2, -0.15) is 11.8 Å². The van der Waals surface area contributed by atoms with Gasteiger partial charge in [0.1, 0.15) is 0 Å². The van der Waals surface area contributed by atoms with Crippen LogP contribution in [0.25, 0.3) is 0 Å². The lowest BCUT2D eigenvalue weighted by Gasteiger charge is -2.27. The molecule has 1 fully saturated rings. The summed E-state index contributed by atoms with van der Waals surface area (Å²) in [5.74, 6) is 2.53. The minimum atomic E-state index is 0.692. The lowest BCUT2D eigenvalue weighted by Crippen LogP contribution is -2.39. The van der Waals surface area contributed by atoms with Crippen molar-refractivity contribution in [3.05, 3.63) is 29.3 Å². The minimum Gasteiger partial charge on any atom is -0.374 e. The fourth-order valence-corrected chi connectivity index (χ4v) is 3.51. The van der Waals surface area contributed by atoms with Gasteiger partial charge in [0.15, 0.2) is 0 Å². The number of hydrogen-bond acceptors (Lipinski definition) is 3. The van der Waals surface area contributed by atoms with Crippen LogP contribution in [-0.2, 0) is 0 Å². The van der Waals surface area contributed by atoms with Crippen LogP contribution in [0.2, 0.25) is 0 Å². The van der Waals surface area contributed by atoms with Gasteiger partial charge in [0.2, 0.25) is 0 Å². The molecule has 0 amide bonds. The van der Waals surface area contributed by atoms with Gasteiger partial charge in [-0.05, 0) is 31.9 Å². The third-order valence-electron chi connectivity index (χ3n) is 3.57. The summed E-state index contributed by atoms with van der Waals surface area (Å²) in [5.41, 5.74) is 4.09. The number of rotatable bonds is 4. The zero-order valence-electron chi connectivity index (χ0n) is 11.7. The molecule has 1 unspecified atom stereocenters. The van der Waals surface area contributed by atoms with Crippen LogP contribution in [0.4, 0.5) is 5.69 Å². The molecule has 0 radical (unpaired) electrons. The van der Waals surface area contributed by atoms with Gasteiger partial charge >= 0.3 is 0 Å². The van der Waals surface area contributed by atoms with Crippen molar-refractivity contribution in [1.29, 1.82) is 0 Å². The van der Waals surface area contributed by atoms with Gasteiger partial charge in [-0.3, -0.25) is 0 Å². The van der Waals surface area contributed by atoms with Crippen LogP contribution in [0, 0.1) is 13.8 Å². The maximum absolute atomic E-state index is 3.60. The van der Waals surface area contributed by atoms with Crippen molar-refractivity contribution in [2.45, 2.75) is 26.3 Å². The van der Waals surface area contributed by atoms with E-state index in [9.17, 15) is 0 Å². The number of benzene rings is 1. The highest BCUT2D eigenvalue weighted by atomic mass is 32.2. The Morgan fingerprint density at radius 2 is 2.22 bits per heavy atom. The first kappa shape index (κ1) is 13.8. The van der Waals surface area contributed by atoms with E-state index >= 15 is 0 Å². The SMILES string of the molecule is Cc1ccc(N(C)CCC2CSCCN2)c(C)c1. The van der Waals surface area contributed by atoms with Gasteiger partial charge in [-0.1, -0.05) is 17.7 Å². The van der Waals surface area contributed by atoms with Crippen LogP contribution in [0.5, 0.6) is 0 Å². The van der Waals surface area contributed by atoms with Gasteiger partial charge in [0, 0.05) is 43.4 Å². The van der Waals surface area contributed by atoms with E-state index in [2.05, 4.69) is 61.1 Å². The Morgan fingerprint density at radius 3 is 2.89 bits per heavy atom. The Morgan fingerprint density at radius 1 is 1.39 bits per heavy atom. The second kappa shape index (κ2) is 6.48. The summed E-state index contributed by atoms with van der Waals surface area (Å²) < 4.78 is 0. The molecule has 1 heterocycles. The molecule has 0 aromatic heterocycles. The summed E-state index contributed by atoms with van der Waals surface area (Å²) in [6, 6.07) is 7.40. The second-order valence-corrected chi connectivity index (χ2v) is 6.38. The maximum atomic E-state index is 3.60. The summed E-state index contributed by atoms with van der Waals surface area (Å²) >= 11 is 2.07. The third-order valence-corrected chi connectivity index (χ3v) is 4.71. The molecule has 1 N–H and O–H groups in total. The zero-order valence-corrected chi connectivity index (χ0v) is 12.5. The highest BCUT2D eigenvalue weighted by molar-refractivity contribution is 7.99. The third kappa shape index (κ3) is 3.66. The van der Waals surface area contributed by atoms with Gasteiger partial charge < -0.3 is 10.2 Å². The fraction of sp³-hybridized carbons (Fsp3) is 0.600. The standard InChI is InChI=1S/C15H24N2S/c1-12-4-5-15(13(2)10-12)17(3)8-6-14-11-18-9-7-16-14/h4-5,10,14,16H,6-9,11H2,1-3H3. The molecule has 3 heteroatoms. The van der Waals surface area contributed by atoms with E-state index in [0.29, 0.717) is 6.04 Å². The van der Waals surface area contributed by atoms with E-state index in [0.717, 1.165) is 6.54 Å². The average molecular weight is 264 g/mol. The fourth-order valence-electron chi connectivity index (χ4n) is 2.51. The molecule has 0 spiro atoms. The number of anilines is 1. The molecule has 1 aromatic rings. The van der Waals surface area contributed by atoms with Crippen molar-refractivity contribution in [1.82, 2.24) is 5.32 Å². The number of thioether (sulfide) groups is 1. The Labute approximate surface area is 115 Å². The van der Waals surface area contributed by atoms with E-state index in [4.69, 9.17) is 0 Å². The van der Waals surface area contributed by atoms with Crippen molar-refractivity contribution in [3.8, 4) is 0 Å². The van der Waals surface area contributed by atoms with Gasteiger partial charge in [0.05, 0.1) is 0 Å². The van der Waals surface area contributed by atoms with Crippen LogP contribution < -0.4 is 10.2 Å². The molecule has 1 saturated heterocycles. The predicted molar refractivity (Wildman–Crippen MR) is 82.9 cm³/mol. The van der Waals surface area contributed by atoms with Crippen LogP contribution in [0.15, 0.2) is 18.2 Å². The molecule has 2 rings (SSSR count). The van der Waals surface area contributed by atoms with Crippen LogP contribution in [-0.4, -0.2) is 37.7 Å². The number of nitrogens with zero attached hydrogens (tertiary/aromatic N) is 1. The van der Waals surface area contributed by atoms with Crippen molar-refractivity contribution >= 4 is 17.4 Å². The van der Waals surface area contributed by atoms with Crippen LogP contribution in [0.3, 0.4) is 0 Å². The molecular formula is C15H24N2S. The second-order valence-electron chi connectivity index (χ2n) is 5.23. The topological polar surface area (TPSA) is 15.3 Å². The number of nitrogens with one attached hydrogen (secondary N) is 1. The van der Waals surface area contributed by atoms with E-state index in [1.807, 2.05) is 0 Å². The zero-order chi connectivity index (χ0) is 13.0. The molecule has 1 aromatic carbocycles. The average Bonchev–Trinajstić information content (AvgIpc) is 2.37. The highest BCUT2D eigenvalue weighted by Gasteiger charge is 2.14. The molecule has 18 heavy (non-hydrogen) atoms. The van der Waals surface area contributed by atoms with Crippen molar-refractivity contribution in [2.75, 3.05) is 36.5 Å². The van der Waals surface area contributed by atoms with E-state index in [1.54, 1.807) is 0 Å². The normalized spacial score (nSPS) is 19.8. The van der Waals surface area contributed by atoms with Crippen LogP contribution >= 0.6 is 11.8 Å². The van der Waals surface area contributed by atoms with Gasteiger partial charge in [-0.15, -0.1) is 0 Å². The first-order valence-corrected chi connectivity index (χ1v) is 7.92. The Kier molecular flexibility index (Phi) is 4.95. The molecule has 2 nitrogen and oxygen atoms in total. The lowest BCUT2D eigenvalue weighted by atomic mass is 10.1. The monoisotopic (exact) mass is 264 g/mol. The Bertz CT molecular complexity index is 386. The first-order valence-electron chi connectivity index (χ1n) is 6.76. The molecular weight excluding hydrogens is 240 g/mol. The highest BCUT2D eigenvalue weighted by Crippen LogP contribution is 2.20. The molecule has 1 atom stereocenters. The summed E-state index contributed by atoms with van der Waals surface area (Å²) in [5, 5.41) is 3.60. The van der Waals surface area contributed by atoms with Crippen molar-refractivity contribution in [2.24, 2.45) is 0 Å². The number of aryl methyl sites for hydroxylation is 2. The molecule has 0 bridgehead atoms. The van der Waals surface area contributed by atoms with E-state index in [-0.39, 0.29) is 0 Å². The van der Waals surface area contributed by atoms with Crippen LogP contribution in [0.1, 0.15) is 17.5 Å². The minimum absolute atomic E-state index is 0.692. The summed E-state index contributed by atoms with van der Waals surface area (Å²) in [6.45, 7) is 6.65. The van der Waals surface area contributed by atoms with Crippen molar-refractivity contribution < 1.29 is 0 Å². The molecule has 0 aliphatic carbocycles. The van der Waals surface area contributed by atoms with E-state index in [1.165, 1.54) is 41.3 Å². The first-order chi connectivity index (χ1) is 8.66. The summed E-state index contributed by atoms with van der Waals surface area (Å²) in [6.07, 6.45) is 1.23. The Hall–Kier alpha value is -0.670. The van der Waals surface area contributed by atoms with Crippen molar-refractivity contribution in [3.63, 3.8) is 0 Å². The summed E-state index contributed by atoms with van der Waals surface area (Å²) in [4.78, 5) is 2.38. The van der Waals surface area contributed by atoms with Gasteiger partial charge in [0.25, 0.3) is 0 Å². The number of hydrogen-bond donors (Lipinski definition) is 1. The molecule has 1 aliphatic rings. The smallest absolute Gasteiger partial charge is 0.0393 e.